The molecule has 0 atom stereocenters. The van der Waals surface area contributed by atoms with Gasteiger partial charge in [0.25, 0.3) is 0 Å². The number of carbonyl (C=O) groups is 1. The van der Waals surface area contributed by atoms with Gasteiger partial charge < -0.3 is 10.6 Å². The highest BCUT2D eigenvalue weighted by atomic mass is 32.2. The van der Waals surface area contributed by atoms with E-state index in [-0.39, 0.29) is 11.7 Å². The minimum atomic E-state index is -3.18. The van der Waals surface area contributed by atoms with Crippen LogP contribution in [0.5, 0.6) is 0 Å². The van der Waals surface area contributed by atoms with Crippen molar-refractivity contribution in [2.24, 2.45) is 0 Å². The maximum atomic E-state index is 13.4. The number of amides is 2. The van der Waals surface area contributed by atoms with E-state index in [1.165, 1.54) is 22.7 Å². The Bertz CT molecular complexity index is 613. The van der Waals surface area contributed by atoms with Gasteiger partial charge in [-0.3, -0.25) is 0 Å². The van der Waals surface area contributed by atoms with Gasteiger partial charge >= 0.3 is 6.03 Å². The molecule has 0 bridgehead atoms. The van der Waals surface area contributed by atoms with Crippen molar-refractivity contribution in [1.82, 2.24) is 9.62 Å². The Morgan fingerprint density at radius 2 is 1.90 bits per heavy atom. The van der Waals surface area contributed by atoms with E-state index in [0.29, 0.717) is 25.9 Å². The third kappa shape index (κ3) is 4.40. The largest absolute Gasteiger partial charge is 0.335 e. The highest BCUT2D eigenvalue weighted by Crippen LogP contribution is 2.15. The second-order valence-corrected chi connectivity index (χ2v) is 7.00. The predicted molar refractivity (Wildman–Crippen MR) is 78.0 cm³/mol. The number of nitrogens with one attached hydrogen (secondary N) is 2. The predicted octanol–water partition coefficient (Wildman–Crippen LogP) is 1.37. The Morgan fingerprint density at radius 1 is 1.29 bits per heavy atom. The summed E-state index contributed by atoms with van der Waals surface area (Å²) < 4.78 is 37.5. The zero-order valence-corrected chi connectivity index (χ0v) is 12.5. The zero-order valence-electron chi connectivity index (χ0n) is 11.7. The average molecular weight is 315 g/mol. The van der Waals surface area contributed by atoms with Gasteiger partial charge in [-0.15, -0.1) is 0 Å². The van der Waals surface area contributed by atoms with Crippen LogP contribution < -0.4 is 10.6 Å². The summed E-state index contributed by atoms with van der Waals surface area (Å²) in [6.45, 7) is 0.757. The molecule has 1 aromatic rings. The van der Waals surface area contributed by atoms with Gasteiger partial charge in [-0.05, 0) is 25.0 Å². The van der Waals surface area contributed by atoms with E-state index < -0.39 is 21.9 Å². The van der Waals surface area contributed by atoms with E-state index in [1.54, 1.807) is 12.1 Å². The van der Waals surface area contributed by atoms with Gasteiger partial charge in [0.05, 0.1) is 11.9 Å². The molecule has 21 heavy (non-hydrogen) atoms. The van der Waals surface area contributed by atoms with Gasteiger partial charge in [0.1, 0.15) is 5.82 Å². The number of halogens is 1. The molecule has 1 heterocycles. The number of carbonyl (C=O) groups excluding carboxylic acids is 1. The Balaban J connectivity index is 1.84. The maximum Gasteiger partial charge on any atom is 0.319 e. The van der Waals surface area contributed by atoms with Crippen LogP contribution >= 0.6 is 0 Å². The Labute approximate surface area is 123 Å². The van der Waals surface area contributed by atoms with E-state index in [2.05, 4.69) is 10.6 Å². The minimum absolute atomic E-state index is 0.114. The highest BCUT2D eigenvalue weighted by molar-refractivity contribution is 7.88. The summed E-state index contributed by atoms with van der Waals surface area (Å²) in [5.74, 6) is -0.500. The fourth-order valence-corrected chi connectivity index (χ4v) is 3.11. The molecule has 0 radical (unpaired) electrons. The van der Waals surface area contributed by atoms with Crippen LogP contribution in [0, 0.1) is 5.82 Å². The van der Waals surface area contributed by atoms with E-state index in [1.807, 2.05) is 0 Å². The molecular formula is C13H18FN3O3S. The first-order valence-electron chi connectivity index (χ1n) is 6.63. The summed E-state index contributed by atoms with van der Waals surface area (Å²) in [6, 6.07) is 5.30. The summed E-state index contributed by atoms with van der Waals surface area (Å²) in [4.78, 5) is 11.8. The van der Waals surface area contributed by atoms with Gasteiger partial charge in [0.15, 0.2) is 0 Å². The van der Waals surface area contributed by atoms with Gasteiger partial charge in [-0.2, -0.15) is 0 Å². The van der Waals surface area contributed by atoms with Crippen LogP contribution in [-0.4, -0.2) is 44.1 Å². The Morgan fingerprint density at radius 3 is 2.48 bits per heavy atom. The van der Waals surface area contributed by atoms with Gasteiger partial charge in [0, 0.05) is 19.1 Å². The molecular weight excluding hydrogens is 297 g/mol. The Kier molecular flexibility index (Phi) is 4.79. The molecule has 116 valence electrons. The van der Waals surface area contributed by atoms with E-state index >= 15 is 0 Å². The highest BCUT2D eigenvalue weighted by Gasteiger charge is 2.25. The summed E-state index contributed by atoms with van der Waals surface area (Å²) >= 11 is 0. The lowest BCUT2D eigenvalue weighted by Crippen LogP contribution is -2.47. The lowest BCUT2D eigenvalue weighted by atomic mass is 10.1. The van der Waals surface area contributed by atoms with Gasteiger partial charge in [-0.1, -0.05) is 12.1 Å². The molecule has 0 saturated carbocycles. The minimum Gasteiger partial charge on any atom is -0.335 e. The second kappa shape index (κ2) is 6.40. The number of nitrogens with zero attached hydrogens (tertiary/aromatic N) is 1. The number of urea groups is 1. The second-order valence-electron chi connectivity index (χ2n) is 5.01. The van der Waals surface area contributed by atoms with Crippen molar-refractivity contribution in [3.8, 4) is 0 Å². The summed E-state index contributed by atoms with van der Waals surface area (Å²) in [6.07, 6.45) is 2.25. The van der Waals surface area contributed by atoms with Crippen LogP contribution in [0.4, 0.5) is 14.9 Å². The van der Waals surface area contributed by atoms with Crippen LogP contribution in [0.1, 0.15) is 12.8 Å². The maximum absolute atomic E-state index is 13.4. The molecule has 2 rings (SSSR count). The van der Waals surface area contributed by atoms with Crippen LogP contribution in [0.25, 0.3) is 0 Å². The van der Waals surface area contributed by atoms with Crippen molar-refractivity contribution in [2.75, 3.05) is 24.7 Å². The lowest BCUT2D eigenvalue weighted by molar-refractivity contribution is 0.238. The number of hydrogen-bond acceptors (Lipinski definition) is 3. The Hall–Kier alpha value is -1.67. The number of para-hydroxylation sites is 1. The van der Waals surface area contributed by atoms with Crippen molar-refractivity contribution in [2.45, 2.75) is 18.9 Å². The molecule has 0 unspecified atom stereocenters. The molecule has 1 saturated heterocycles. The SMILES string of the molecule is CS(=O)(=O)N1CCC(NC(=O)Nc2ccccc2F)CC1. The first kappa shape index (κ1) is 15.7. The number of rotatable bonds is 3. The number of piperidine rings is 1. The fourth-order valence-electron chi connectivity index (χ4n) is 2.24. The summed E-state index contributed by atoms with van der Waals surface area (Å²) in [5.41, 5.74) is 0.114. The van der Waals surface area contributed by atoms with Crippen LogP contribution in [0.3, 0.4) is 0 Å². The van der Waals surface area contributed by atoms with Gasteiger partial charge in [0.2, 0.25) is 10.0 Å². The summed E-state index contributed by atoms with van der Waals surface area (Å²) in [5, 5.41) is 5.17. The molecule has 6 nitrogen and oxygen atoms in total. The number of hydrogen-bond donors (Lipinski definition) is 2. The van der Waals surface area contributed by atoms with Crippen LogP contribution in [0.15, 0.2) is 24.3 Å². The monoisotopic (exact) mass is 315 g/mol. The molecule has 1 aliphatic rings. The normalized spacial score (nSPS) is 17.4. The smallest absolute Gasteiger partial charge is 0.319 e. The fraction of sp³-hybridized carbons (Fsp3) is 0.462. The quantitative estimate of drug-likeness (QED) is 0.884. The van der Waals surface area contributed by atoms with E-state index in [9.17, 15) is 17.6 Å². The van der Waals surface area contributed by atoms with Crippen molar-refractivity contribution in [3.63, 3.8) is 0 Å². The van der Waals surface area contributed by atoms with Crippen molar-refractivity contribution in [3.05, 3.63) is 30.1 Å². The molecule has 2 amide bonds. The first-order chi connectivity index (χ1) is 9.86. The first-order valence-corrected chi connectivity index (χ1v) is 8.48. The van der Waals surface area contributed by atoms with Crippen molar-refractivity contribution in [1.29, 1.82) is 0 Å². The zero-order chi connectivity index (χ0) is 15.5. The summed E-state index contributed by atoms with van der Waals surface area (Å²) in [7, 11) is -3.18. The molecule has 0 aromatic heterocycles. The number of benzene rings is 1. The standard InChI is InChI=1S/C13H18FN3O3S/c1-21(19,20)17-8-6-10(7-9-17)15-13(18)16-12-5-3-2-4-11(12)14/h2-5,10H,6-9H2,1H3,(H2,15,16,18). The third-order valence-corrected chi connectivity index (χ3v) is 4.68. The van der Waals surface area contributed by atoms with E-state index in [4.69, 9.17) is 0 Å². The molecule has 8 heteroatoms. The molecule has 0 aliphatic carbocycles. The van der Waals surface area contributed by atoms with Crippen molar-refractivity contribution < 1.29 is 17.6 Å². The van der Waals surface area contributed by atoms with Crippen molar-refractivity contribution >= 4 is 21.7 Å². The molecule has 2 N–H and O–H groups in total. The lowest BCUT2D eigenvalue weighted by Gasteiger charge is -2.30. The molecule has 0 spiro atoms. The third-order valence-electron chi connectivity index (χ3n) is 3.38. The number of sulfonamides is 1. The topological polar surface area (TPSA) is 78.5 Å². The molecule has 1 fully saturated rings. The van der Waals surface area contributed by atoms with Crippen LogP contribution in [0.2, 0.25) is 0 Å². The molecule has 1 aromatic carbocycles. The average Bonchev–Trinajstić information content (AvgIpc) is 2.41. The molecule has 1 aliphatic heterocycles. The van der Waals surface area contributed by atoms with Gasteiger partial charge in [-0.25, -0.2) is 21.9 Å². The number of anilines is 1. The van der Waals surface area contributed by atoms with E-state index in [0.717, 1.165) is 0 Å². The van der Waals surface area contributed by atoms with Crippen LogP contribution in [-0.2, 0) is 10.0 Å².